The molecule has 4 rings (SSSR count). The number of hydrogen-bond acceptors (Lipinski definition) is 6. The highest BCUT2D eigenvalue weighted by Crippen LogP contribution is 2.41. The minimum Gasteiger partial charge on any atom is -0.497 e. The summed E-state index contributed by atoms with van der Waals surface area (Å²) in [6, 6.07) is 9.81. The molecule has 1 amide bonds. The Morgan fingerprint density at radius 1 is 1.28 bits per heavy atom. The first-order valence-corrected chi connectivity index (χ1v) is 10.9. The Morgan fingerprint density at radius 2 is 2.06 bits per heavy atom. The number of fused-ring (bicyclic) bond motifs is 1. The highest BCUT2D eigenvalue weighted by atomic mass is 19.1. The van der Waals surface area contributed by atoms with E-state index in [1.165, 1.54) is 13.0 Å². The van der Waals surface area contributed by atoms with Crippen LogP contribution in [0.2, 0.25) is 0 Å². The van der Waals surface area contributed by atoms with Crippen LogP contribution in [0.15, 0.2) is 36.4 Å². The minimum atomic E-state index is -0.235. The topological polar surface area (TPSA) is 86.0 Å². The molecule has 172 valence electrons. The Morgan fingerprint density at radius 3 is 2.78 bits per heavy atom. The Balaban J connectivity index is 1.28. The van der Waals surface area contributed by atoms with E-state index in [-0.39, 0.29) is 23.4 Å². The molecule has 0 bridgehead atoms. The van der Waals surface area contributed by atoms with Crippen molar-refractivity contribution in [2.24, 2.45) is 5.73 Å². The molecule has 2 aliphatic heterocycles. The van der Waals surface area contributed by atoms with Crippen molar-refractivity contribution in [2.45, 2.75) is 37.8 Å². The van der Waals surface area contributed by atoms with E-state index in [4.69, 9.17) is 19.9 Å². The average Bonchev–Trinajstić information content (AvgIpc) is 3.11. The molecule has 0 aliphatic carbocycles. The van der Waals surface area contributed by atoms with E-state index < -0.39 is 0 Å². The quantitative estimate of drug-likeness (QED) is 0.684. The first-order chi connectivity index (χ1) is 15.4. The summed E-state index contributed by atoms with van der Waals surface area (Å²) in [7, 11) is 1.58. The lowest BCUT2D eigenvalue weighted by atomic mass is 9.87. The zero-order chi connectivity index (χ0) is 22.7. The molecular formula is C24H30FN3O4. The third kappa shape index (κ3) is 5.14. The second-order valence-corrected chi connectivity index (χ2v) is 8.63. The van der Waals surface area contributed by atoms with Crippen molar-refractivity contribution >= 4 is 11.6 Å². The van der Waals surface area contributed by atoms with Gasteiger partial charge in [0.25, 0.3) is 0 Å². The van der Waals surface area contributed by atoms with Gasteiger partial charge >= 0.3 is 0 Å². The molecule has 0 radical (unpaired) electrons. The molecule has 2 aliphatic rings. The zero-order valence-corrected chi connectivity index (χ0v) is 18.5. The van der Waals surface area contributed by atoms with Gasteiger partial charge in [0.2, 0.25) is 5.91 Å². The van der Waals surface area contributed by atoms with E-state index in [1.54, 1.807) is 37.4 Å². The standard InChI is InChI=1S/C24H30FN3O4/c1-16(29)27-21-5-4-20(30-2)12-23(21)31-15-19(26)14-28-9-7-24(8-10-28)13-17-11-18(25)3-6-22(17)32-24/h3-6,11-12,19H,7-10,13-15,26H2,1-2H3,(H,27,29)/t19-/m0/s1. The second kappa shape index (κ2) is 9.34. The summed E-state index contributed by atoms with van der Waals surface area (Å²) in [4.78, 5) is 13.8. The third-order valence-corrected chi connectivity index (χ3v) is 6.07. The summed E-state index contributed by atoms with van der Waals surface area (Å²) >= 11 is 0. The molecule has 1 saturated heterocycles. The van der Waals surface area contributed by atoms with Gasteiger partial charge < -0.3 is 30.2 Å². The molecule has 2 heterocycles. The van der Waals surface area contributed by atoms with Crippen molar-refractivity contribution in [1.29, 1.82) is 0 Å². The summed E-state index contributed by atoms with van der Waals surface area (Å²) in [5, 5.41) is 2.76. The molecule has 1 fully saturated rings. The number of likely N-dealkylation sites (tertiary alicyclic amines) is 1. The number of nitrogens with zero attached hydrogens (tertiary/aromatic N) is 1. The number of methoxy groups -OCH3 is 1. The number of amides is 1. The van der Waals surface area contributed by atoms with Gasteiger partial charge in [0.15, 0.2) is 0 Å². The SMILES string of the molecule is COc1ccc(NC(C)=O)c(OC[C@@H](N)CN2CCC3(CC2)Cc2cc(F)ccc2O3)c1. The summed E-state index contributed by atoms with van der Waals surface area (Å²) in [6.07, 6.45) is 2.50. The van der Waals surface area contributed by atoms with Crippen LogP contribution in [0.5, 0.6) is 17.2 Å². The number of piperidine rings is 1. The number of ether oxygens (including phenoxy) is 3. The highest BCUT2D eigenvalue weighted by molar-refractivity contribution is 5.90. The van der Waals surface area contributed by atoms with Gasteiger partial charge in [-0.25, -0.2) is 4.39 Å². The van der Waals surface area contributed by atoms with E-state index in [2.05, 4.69) is 10.2 Å². The number of carbonyl (C=O) groups is 1. The van der Waals surface area contributed by atoms with Crippen LogP contribution in [0, 0.1) is 5.82 Å². The number of halogens is 1. The Labute approximate surface area is 187 Å². The van der Waals surface area contributed by atoms with Crippen LogP contribution in [-0.2, 0) is 11.2 Å². The highest BCUT2D eigenvalue weighted by Gasteiger charge is 2.42. The van der Waals surface area contributed by atoms with Crippen LogP contribution in [0.3, 0.4) is 0 Å². The Bertz CT molecular complexity index is 976. The fraction of sp³-hybridized carbons (Fsp3) is 0.458. The van der Waals surface area contributed by atoms with Gasteiger partial charge in [-0.1, -0.05) is 0 Å². The molecule has 3 N–H and O–H groups in total. The summed E-state index contributed by atoms with van der Waals surface area (Å²) in [6.45, 7) is 4.17. The lowest BCUT2D eigenvalue weighted by Gasteiger charge is -2.39. The maximum Gasteiger partial charge on any atom is 0.221 e. The zero-order valence-electron chi connectivity index (χ0n) is 18.5. The van der Waals surface area contributed by atoms with Crippen LogP contribution in [0.25, 0.3) is 0 Å². The number of nitrogens with one attached hydrogen (secondary N) is 1. The van der Waals surface area contributed by atoms with Crippen LogP contribution in [-0.4, -0.2) is 55.8 Å². The van der Waals surface area contributed by atoms with Crippen molar-refractivity contribution < 1.29 is 23.4 Å². The van der Waals surface area contributed by atoms with Crippen molar-refractivity contribution in [3.05, 3.63) is 47.8 Å². The first kappa shape index (κ1) is 22.4. The van der Waals surface area contributed by atoms with Crippen LogP contribution < -0.4 is 25.3 Å². The molecule has 0 saturated carbocycles. The van der Waals surface area contributed by atoms with Crippen molar-refractivity contribution in [2.75, 3.05) is 38.7 Å². The van der Waals surface area contributed by atoms with E-state index in [0.717, 1.165) is 43.7 Å². The normalized spacial score (nSPS) is 18.0. The van der Waals surface area contributed by atoms with Crippen molar-refractivity contribution in [3.63, 3.8) is 0 Å². The van der Waals surface area contributed by atoms with E-state index in [1.807, 2.05) is 0 Å². The maximum absolute atomic E-state index is 13.5. The molecule has 2 aromatic rings. The fourth-order valence-corrected chi connectivity index (χ4v) is 4.45. The van der Waals surface area contributed by atoms with Crippen LogP contribution >= 0.6 is 0 Å². The van der Waals surface area contributed by atoms with Gasteiger partial charge in [0, 0.05) is 57.5 Å². The molecule has 1 spiro atoms. The largest absolute Gasteiger partial charge is 0.497 e. The van der Waals surface area contributed by atoms with Crippen molar-refractivity contribution in [3.8, 4) is 17.2 Å². The third-order valence-electron chi connectivity index (χ3n) is 6.07. The van der Waals surface area contributed by atoms with Crippen LogP contribution in [0.4, 0.5) is 10.1 Å². The van der Waals surface area contributed by atoms with Crippen molar-refractivity contribution in [1.82, 2.24) is 4.90 Å². The number of rotatable bonds is 7. The van der Waals surface area contributed by atoms with Gasteiger partial charge in [-0.2, -0.15) is 0 Å². The molecule has 8 heteroatoms. The Kier molecular flexibility index (Phi) is 6.53. The van der Waals surface area contributed by atoms with E-state index >= 15 is 0 Å². The number of nitrogens with two attached hydrogens (primary N) is 1. The molecule has 0 aromatic heterocycles. The summed E-state index contributed by atoms with van der Waals surface area (Å²) < 4.78 is 30.9. The molecule has 0 unspecified atom stereocenters. The van der Waals surface area contributed by atoms with Gasteiger partial charge in [-0.05, 0) is 30.3 Å². The first-order valence-electron chi connectivity index (χ1n) is 10.9. The number of carbonyl (C=O) groups excluding carboxylic acids is 1. The maximum atomic E-state index is 13.5. The summed E-state index contributed by atoms with van der Waals surface area (Å²) in [5.74, 6) is 1.58. The molecular weight excluding hydrogens is 413 g/mol. The van der Waals surface area contributed by atoms with Gasteiger partial charge in [-0.15, -0.1) is 0 Å². The van der Waals surface area contributed by atoms with Gasteiger partial charge in [-0.3, -0.25) is 4.79 Å². The van der Waals surface area contributed by atoms with E-state index in [0.29, 0.717) is 30.3 Å². The average molecular weight is 444 g/mol. The molecule has 1 atom stereocenters. The Hall–Kier alpha value is -2.84. The lowest BCUT2D eigenvalue weighted by Crippen LogP contribution is -2.51. The predicted octanol–water partition coefficient (Wildman–Crippen LogP) is 2.97. The smallest absolute Gasteiger partial charge is 0.221 e. The second-order valence-electron chi connectivity index (χ2n) is 8.63. The number of benzene rings is 2. The van der Waals surface area contributed by atoms with Crippen LogP contribution in [0.1, 0.15) is 25.3 Å². The monoisotopic (exact) mass is 443 g/mol. The number of hydrogen-bond donors (Lipinski definition) is 2. The fourth-order valence-electron chi connectivity index (χ4n) is 4.45. The minimum absolute atomic E-state index is 0.175. The predicted molar refractivity (Wildman–Crippen MR) is 120 cm³/mol. The molecule has 2 aromatic carbocycles. The summed E-state index contributed by atoms with van der Waals surface area (Å²) in [5.41, 5.74) is 7.65. The lowest BCUT2D eigenvalue weighted by molar-refractivity contribution is -0.114. The molecule has 7 nitrogen and oxygen atoms in total. The van der Waals surface area contributed by atoms with Gasteiger partial charge in [0.1, 0.15) is 35.3 Å². The number of anilines is 1. The molecule has 32 heavy (non-hydrogen) atoms. The van der Waals surface area contributed by atoms with Gasteiger partial charge in [0.05, 0.1) is 18.8 Å². The van der Waals surface area contributed by atoms with E-state index in [9.17, 15) is 9.18 Å².